The third-order valence-electron chi connectivity index (χ3n) is 3.67. The summed E-state index contributed by atoms with van der Waals surface area (Å²) < 4.78 is 0. The van der Waals surface area contributed by atoms with Gasteiger partial charge in [-0.25, -0.2) is 0 Å². The maximum Gasteiger partial charge on any atom is 0.0678 e. The van der Waals surface area contributed by atoms with Crippen molar-refractivity contribution in [2.75, 3.05) is 6.54 Å². The van der Waals surface area contributed by atoms with Crippen molar-refractivity contribution in [1.82, 2.24) is 5.32 Å². The maximum absolute atomic E-state index is 6.31. The summed E-state index contributed by atoms with van der Waals surface area (Å²) >= 11 is 14.2. The average molecular weight is 326 g/mol. The van der Waals surface area contributed by atoms with Gasteiger partial charge in [0, 0.05) is 21.4 Å². The minimum absolute atomic E-state index is 0.497. The van der Waals surface area contributed by atoms with Crippen LogP contribution < -0.4 is 5.32 Å². The third-order valence-corrected chi connectivity index (χ3v) is 5.69. The van der Waals surface area contributed by atoms with Crippen molar-refractivity contribution >= 4 is 34.5 Å². The van der Waals surface area contributed by atoms with Crippen LogP contribution in [-0.2, 0) is 0 Å². The molecule has 1 atom stereocenters. The molecule has 1 aliphatic rings. The summed E-state index contributed by atoms with van der Waals surface area (Å²) in [5.41, 5.74) is 1.03. The van der Waals surface area contributed by atoms with E-state index in [0.717, 1.165) is 18.0 Å². The molecule has 1 aromatic carbocycles. The van der Waals surface area contributed by atoms with Crippen LogP contribution in [0, 0.1) is 5.92 Å². The Morgan fingerprint density at radius 1 is 1.25 bits per heavy atom. The van der Waals surface area contributed by atoms with Crippen LogP contribution in [0.5, 0.6) is 0 Å². The summed E-state index contributed by atoms with van der Waals surface area (Å²) in [4.78, 5) is 2.59. The van der Waals surface area contributed by atoms with E-state index < -0.39 is 0 Å². The molecule has 1 heterocycles. The Labute approximate surface area is 133 Å². The van der Waals surface area contributed by atoms with Crippen LogP contribution in [0.15, 0.2) is 30.3 Å². The van der Waals surface area contributed by atoms with Gasteiger partial charge in [0.2, 0.25) is 0 Å². The Kier molecular flexibility index (Phi) is 4.37. The van der Waals surface area contributed by atoms with Crippen LogP contribution in [0.2, 0.25) is 10.0 Å². The van der Waals surface area contributed by atoms with Gasteiger partial charge in [-0.15, -0.1) is 11.3 Å². The van der Waals surface area contributed by atoms with Crippen LogP contribution in [-0.4, -0.2) is 6.54 Å². The predicted octanol–water partition coefficient (Wildman–Crippen LogP) is 5.78. The highest BCUT2D eigenvalue weighted by molar-refractivity contribution is 7.15. The molecule has 0 radical (unpaired) electrons. The fraction of sp³-hybridized carbons (Fsp3) is 0.375. The molecule has 1 unspecified atom stereocenters. The largest absolute Gasteiger partial charge is 0.309 e. The van der Waals surface area contributed by atoms with Gasteiger partial charge in [0.1, 0.15) is 0 Å². The van der Waals surface area contributed by atoms with E-state index in [0.29, 0.717) is 16.1 Å². The van der Waals surface area contributed by atoms with Crippen molar-refractivity contribution in [1.29, 1.82) is 0 Å². The molecule has 1 aliphatic carbocycles. The molecule has 0 saturated heterocycles. The highest BCUT2D eigenvalue weighted by Gasteiger charge is 2.32. The summed E-state index contributed by atoms with van der Waals surface area (Å²) in [6.07, 6.45) is 2.67. The van der Waals surface area contributed by atoms with E-state index in [1.165, 1.54) is 22.6 Å². The first kappa shape index (κ1) is 14.4. The molecule has 1 aromatic heterocycles. The van der Waals surface area contributed by atoms with Gasteiger partial charge in [-0.3, -0.25) is 0 Å². The van der Waals surface area contributed by atoms with Gasteiger partial charge >= 0.3 is 0 Å². The predicted molar refractivity (Wildman–Crippen MR) is 88.9 cm³/mol. The molecule has 0 bridgehead atoms. The first-order valence-corrected chi connectivity index (χ1v) is 8.55. The topological polar surface area (TPSA) is 12.0 Å². The average Bonchev–Trinajstić information content (AvgIpc) is 3.17. The summed E-state index contributed by atoms with van der Waals surface area (Å²) in [6.45, 7) is 3.17. The first-order valence-electron chi connectivity index (χ1n) is 6.98. The van der Waals surface area contributed by atoms with Crippen LogP contribution in [0.1, 0.15) is 30.7 Å². The number of halogens is 2. The number of hydrogen-bond donors (Lipinski definition) is 1. The zero-order chi connectivity index (χ0) is 14.1. The van der Waals surface area contributed by atoms with E-state index in [2.05, 4.69) is 24.4 Å². The molecule has 0 amide bonds. The molecule has 3 rings (SSSR count). The lowest BCUT2D eigenvalue weighted by Crippen LogP contribution is -2.21. The van der Waals surface area contributed by atoms with Gasteiger partial charge in [-0.2, -0.15) is 0 Å². The Bertz CT molecular complexity index is 604. The lowest BCUT2D eigenvalue weighted by molar-refractivity contribution is 0.504. The Morgan fingerprint density at radius 3 is 2.75 bits per heavy atom. The normalized spacial score (nSPS) is 16.4. The van der Waals surface area contributed by atoms with Gasteiger partial charge in [0.05, 0.1) is 10.0 Å². The number of benzene rings is 1. The number of rotatable bonds is 5. The zero-order valence-corrected chi connectivity index (χ0v) is 13.7. The SMILES string of the molecule is CCNC(c1ccc(-c2cccc(Cl)c2Cl)s1)C1CC1. The molecule has 1 saturated carbocycles. The van der Waals surface area contributed by atoms with Gasteiger partial charge in [0.25, 0.3) is 0 Å². The molecule has 1 nitrogen and oxygen atoms in total. The quantitative estimate of drug-likeness (QED) is 0.734. The molecule has 0 spiro atoms. The van der Waals surface area contributed by atoms with Crippen molar-refractivity contribution < 1.29 is 0 Å². The number of thiophene rings is 1. The Balaban J connectivity index is 1.91. The fourth-order valence-electron chi connectivity index (χ4n) is 2.51. The summed E-state index contributed by atoms with van der Waals surface area (Å²) in [5, 5.41) is 4.87. The number of hydrogen-bond acceptors (Lipinski definition) is 2. The monoisotopic (exact) mass is 325 g/mol. The molecule has 106 valence electrons. The second kappa shape index (κ2) is 6.07. The van der Waals surface area contributed by atoms with E-state index in [-0.39, 0.29) is 0 Å². The van der Waals surface area contributed by atoms with Crippen LogP contribution in [0.4, 0.5) is 0 Å². The van der Waals surface area contributed by atoms with Gasteiger partial charge in [-0.05, 0) is 43.5 Å². The maximum atomic E-state index is 6.31. The minimum Gasteiger partial charge on any atom is -0.309 e. The molecular weight excluding hydrogens is 309 g/mol. The third kappa shape index (κ3) is 2.89. The Morgan fingerprint density at radius 2 is 2.05 bits per heavy atom. The van der Waals surface area contributed by atoms with Crippen molar-refractivity contribution in [2.45, 2.75) is 25.8 Å². The van der Waals surface area contributed by atoms with E-state index >= 15 is 0 Å². The summed E-state index contributed by atoms with van der Waals surface area (Å²) in [5.74, 6) is 0.802. The molecule has 1 fully saturated rings. The fourth-order valence-corrected chi connectivity index (χ4v) is 4.18. The van der Waals surface area contributed by atoms with E-state index in [4.69, 9.17) is 23.2 Å². The second-order valence-electron chi connectivity index (χ2n) is 5.18. The van der Waals surface area contributed by atoms with Crippen LogP contribution in [0.25, 0.3) is 10.4 Å². The van der Waals surface area contributed by atoms with Crippen molar-refractivity contribution in [3.8, 4) is 10.4 Å². The first-order chi connectivity index (χ1) is 9.70. The molecule has 1 N–H and O–H groups in total. The highest BCUT2D eigenvalue weighted by Crippen LogP contribution is 2.45. The van der Waals surface area contributed by atoms with E-state index in [9.17, 15) is 0 Å². The molecule has 20 heavy (non-hydrogen) atoms. The van der Waals surface area contributed by atoms with Gasteiger partial charge in [-0.1, -0.05) is 42.3 Å². The standard InChI is InChI=1S/C16H17Cl2NS/c1-2-19-16(10-6-7-10)14-9-8-13(20-14)11-4-3-5-12(17)15(11)18/h3-5,8-10,16,19H,2,6-7H2,1H3. The molecule has 0 aliphatic heterocycles. The van der Waals surface area contributed by atoms with Gasteiger partial charge in [0.15, 0.2) is 0 Å². The van der Waals surface area contributed by atoms with Crippen LogP contribution in [0.3, 0.4) is 0 Å². The molecule has 2 aromatic rings. The molecular formula is C16H17Cl2NS. The summed E-state index contributed by atoms with van der Waals surface area (Å²) in [6, 6.07) is 10.7. The number of nitrogens with one attached hydrogen (secondary N) is 1. The second-order valence-corrected chi connectivity index (χ2v) is 7.08. The van der Waals surface area contributed by atoms with Crippen molar-refractivity contribution in [2.24, 2.45) is 5.92 Å². The van der Waals surface area contributed by atoms with Crippen molar-refractivity contribution in [3.63, 3.8) is 0 Å². The Hall–Kier alpha value is -0.540. The lowest BCUT2D eigenvalue weighted by atomic mass is 10.1. The minimum atomic E-state index is 0.497. The van der Waals surface area contributed by atoms with E-state index in [1.54, 1.807) is 0 Å². The van der Waals surface area contributed by atoms with Crippen LogP contribution >= 0.6 is 34.5 Å². The zero-order valence-electron chi connectivity index (χ0n) is 11.3. The summed E-state index contributed by atoms with van der Waals surface area (Å²) in [7, 11) is 0. The van der Waals surface area contributed by atoms with Gasteiger partial charge < -0.3 is 5.32 Å². The molecule has 4 heteroatoms. The van der Waals surface area contributed by atoms with E-state index in [1.807, 2.05) is 29.5 Å². The highest BCUT2D eigenvalue weighted by atomic mass is 35.5. The lowest BCUT2D eigenvalue weighted by Gasteiger charge is -2.15. The van der Waals surface area contributed by atoms with Crippen molar-refractivity contribution in [3.05, 3.63) is 45.3 Å². The smallest absolute Gasteiger partial charge is 0.0678 e.